The molecule has 1 saturated carbocycles. The zero-order valence-electron chi connectivity index (χ0n) is 10.8. The quantitative estimate of drug-likeness (QED) is 0.617. The standard InChI is InChI=1S/C13H17ClN2O3/c1-9(7-15-11-3-4-11)8-19-13-6-10(14)2-5-12(13)16(17)18/h2,5-6,9,11,15H,3-4,7-8H2,1H3. The van der Waals surface area contributed by atoms with Crippen LogP contribution in [0, 0.1) is 16.0 Å². The molecule has 0 heterocycles. The average molecular weight is 285 g/mol. The van der Waals surface area contributed by atoms with Gasteiger partial charge in [-0.15, -0.1) is 0 Å². The molecule has 2 rings (SSSR count). The van der Waals surface area contributed by atoms with Gasteiger partial charge in [0.2, 0.25) is 0 Å². The molecule has 0 saturated heterocycles. The van der Waals surface area contributed by atoms with Gasteiger partial charge in [-0.3, -0.25) is 10.1 Å². The van der Waals surface area contributed by atoms with E-state index in [2.05, 4.69) is 5.32 Å². The molecule has 0 amide bonds. The van der Waals surface area contributed by atoms with Crippen molar-refractivity contribution in [1.29, 1.82) is 0 Å². The van der Waals surface area contributed by atoms with Gasteiger partial charge in [0.15, 0.2) is 5.75 Å². The van der Waals surface area contributed by atoms with Gasteiger partial charge in [0, 0.05) is 35.7 Å². The summed E-state index contributed by atoms with van der Waals surface area (Å²) in [4.78, 5) is 10.4. The molecule has 5 nitrogen and oxygen atoms in total. The van der Waals surface area contributed by atoms with Crippen LogP contribution in [0.3, 0.4) is 0 Å². The summed E-state index contributed by atoms with van der Waals surface area (Å²) in [5, 5.41) is 14.7. The normalized spacial score (nSPS) is 16.1. The highest BCUT2D eigenvalue weighted by molar-refractivity contribution is 6.30. The fraction of sp³-hybridized carbons (Fsp3) is 0.538. The van der Waals surface area contributed by atoms with Crippen molar-refractivity contribution in [2.24, 2.45) is 5.92 Å². The van der Waals surface area contributed by atoms with Crippen LogP contribution in [0.15, 0.2) is 18.2 Å². The Bertz CT molecular complexity index is 463. The van der Waals surface area contributed by atoms with E-state index in [4.69, 9.17) is 16.3 Å². The third-order valence-corrected chi connectivity index (χ3v) is 3.21. The van der Waals surface area contributed by atoms with E-state index in [1.165, 1.54) is 31.0 Å². The number of benzene rings is 1. The molecule has 1 atom stereocenters. The Morgan fingerprint density at radius 2 is 2.32 bits per heavy atom. The fourth-order valence-corrected chi connectivity index (χ4v) is 1.86. The van der Waals surface area contributed by atoms with Gasteiger partial charge in [-0.25, -0.2) is 0 Å². The largest absolute Gasteiger partial charge is 0.486 e. The summed E-state index contributed by atoms with van der Waals surface area (Å²) in [6, 6.07) is 5.00. The maximum absolute atomic E-state index is 10.9. The molecule has 19 heavy (non-hydrogen) atoms. The van der Waals surface area contributed by atoms with Crippen LogP contribution in [0.1, 0.15) is 19.8 Å². The highest BCUT2D eigenvalue weighted by Crippen LogP contribution is 2.30. The lowest BCUT2D eigenvalue weighted by Gasteiger charge is -2.14. The topological polar surface area (TPSA) is 64.4 Å². The lowest BCUT2D eigenvalue weighted by atomic mass is 10.2. The number of hydrogen-bond donors (Lipinski definition) is 1. The van der Waals surface area contributed by atoms with Gasteiger partial charge in [-0.2, -0.15) is 0 Å². The van der Waals surface area contributed by atoms with Crippen molar-refractivity contribution in [2.75, 3.05) is 13.2 Å². The summed E-state index contributed by atoms with van der Waals surface area (Å²) in [5.74, 6) is 0.523. The first kappa shape index (κ1) is 14.1. The second-order valence-electron chi connectivity index (χ2n) is 4.97. The van der Waals surface area contributed by atoms with Crippen molar-refractivity contribution < 1.29 is 9.66 Å². The van der Waals surface area contributed by atoms with Crippen molar-refractivity contribution in [2.45, 2.75) is 25.8 Å². The molecular weight excluding hydrogens is 268 g/mol. The molecule has 0 bridgehead atoms. The zero-order valence-corrected chi connectivity index (χ0v) is 11.5. The fourth-order valence-electron chi connectivity index (χ4n) is 1.70. The maximum Gasteiger partial charge on any atom is 0.311 e. The van der Waals surface area contributed by atoms with Crippen molar-refractivity contribution in [3.05, 3.63) is 33.3 Å². The van der Waals surface area contributed by atoms with Crippen LogP contribution in [0.5, 0.6) is 5.75 Å². The summed E-state index contributed by atoms with van der Waals surface area (Å²) in [6.07, 6.45) is 2.49. The Balaban J connectivity index is 1.89. The van der Waals surface area contributed by atoms with Crippen LogP contribution < -0.4 is 10.1 Å². The smallest absolute Gasteiger partial charge is 0.311 e. The molecule has 0 aromatic heterocycles. The molecular formula is C13H17ClN2O3. The van der Waals surface area contributed by atoms with Crippen LogP contribution >= 0.6 is 11.6 Å². The number of hydrogen-bond acceptors (Lipinski definition) is 4. The molecule has 1 N–H and O–H groups in total. The second kappa shape index (κ2) is 6.21. The van der Waals surface area contributed by atoms with Gasteiger partial charge < -0.3 is 10.1 Å². The van der Waals surface area contributed by atoms with E-state index in [0.29, 0.717) is 23.6 Å². The van der Waals surface area contributed by atoms with Gasteiger partial charge in [0.05, 0.1) is 11.5 Å². The predicted octanol–water partition coefficient (Wildman–Crippen LogP) is 3.02. The lowest BCUT2D eigenvalue weighted by molar-refractivity contribution is -0.385. The Kier molecular flexibility index (Phi) is 4.61. The van der Waals surface area contributed by atoms with Gasteiger partial charge in [0.25, 0.3) is 0 Å². The molecule has 1 aliphatic carbocycles. The number of nitrogens with one attached hydrogen (secondary N) is 1. The molecule has 6 heteroatoms. The molecule has 1 aromatic carbocycles. The Hall–Kier alpha value is -1.33. The van der Waals surface area contributed by atoms with Crippen LogP contribution in [-0.4, -0.2) is 24.1 Å². The molecule has 0 aliphatic heterocycles. The molecule has 1 fully saturated rings. The van der Waals surface area contributed by atoms with E-state index < -0.39 is 4.92 Å². The molecule has 1 unspecified atom stereocenters. The summed E-state index contributed by atoms with van der Waals surface area (Å²) in [7, 11) is 0. The predicted molar refractivity (Wildman–Crippen MR) is 73.8 cm³/mol. The van der Waals surface area contributed by atoms with Crippen LogP contribution in [-0.2, 0) is 0 Å². The first-order chi connectivity index (χ1) is 9.06. The van der Waals surface area contributed by atoms with Gasteiger partial charge in [0.1, 0.15) is 0 Å². The maximum atomic E-state index is 10.9. The summed E-state index contributed by atoms with van der Waals surface area (Å²) in [5.41, 5.74) is -0.0493. The minimum Gasteiger partial charge on any atom is -0.486 e. The van der Waals surface area contributed by atoms with E-state index in [1.54, 1.807) is 0 Å². The van der Waals surface area contributed by atoms with Gasteiger partial charge in [-0.1, -0.05) is 18.5 Å². The first-order valence-corrected chi connectivity index (χ1v) is 6.74. The Morgan fingerprint density at radius 1 is 1.58 bits per heavy atom. The number of ether oxygens (including phenoxy) is 1. The molecule has 0 radical (unpaired) electrons. The Labute approximate surface area is 117 Å². The van der Waals surface area contributed by atoms with Gasteiger partial charge >= 0.3 is 5.69 Å². The van der Waals surface area contributed by atoms with Crippen LogP contribution in [0.25, 0.3) is 0 Å². The van der Waals surface area contributed by atoms with Crippen LogP contribution in [0.4, 0.5) is 5.69 Å². The molecule has 1 aliphatic rings. The average Bonchev–Trinajstić information content (AvgIpc) is 3.17. The number of nitro benzene ring substituents is 1. The summed E-state index contributed by atoms with van der Waals surface area (Å²) >= 11 is 5.83. The van der Waals surface area contributed by atoms with Crippen molar-refractivity contribution in [3.8, 4) is 5.75 Å². The third kappa shape index (κ3) is 4.36. The van der Waals surface area contributed by atoms with Crippen molar-refractivity contribution >= 4 is 17.3 Å². The second-order valence-corrected chi connectivity index (χ2v) is 5.40. The van der Waals surface area contributed by atoms with E-state index in [-0.39, 0.29) is 11.4 Å². The number of nitrogens with zero attached hydrogens (tertiary/aromatic N) is 1. The van der Waals surface area contributed by atoms with Gasteiger partial charge in [-0.05, 0) is 18.9 Å². The zero-order chi connectivity index (χ0) is 13.8. The SMILES string of the molecule is CC(CNC1CC1)COc1cc(Cl)ccc1[N+](=O)[O-]. The molecule has 0 spiro atoms. The van der Waals surface area contributed by atoms with E-state index in [1.807, 2.05) is 6.92 Å². The number of rotatable bonds is 7. The van der Waals surface area contributed by atoms with E-state index >= 15 is 0 Å². The highest BCUT2D eigenvalue weighted by Gasteiger charge is 2.21. The van der Waals surface area contributed by atoms with Crippen LogP contribution in [0.2, 0.25) is 5.02 Å². The number of halogens is 1. The third-order valence-electron chi connectivity index (χ3n) is 2.97. The minimum absolute atomic E-state index is 0.0493. The Morgan fingerprint density at radius 3 is 2.95 bits per heavy atom. The summed E-state index contributed by atoms with van der Waals surface area (Å²) < 4.78 is 5.53. The van der Waals surface area contributed by atoms with Crippen molar-refractivity contribution in [1.82, 2.24) is 5.32 Å². The molecule has 1 aromatic rings. The lowest BCUT2D eigenvalue weighted by Crippen LogP contribution is -2.26. The van der Waals surface area contributed by atoms with E-state index in [0.717, 1.165) is 6.54 Å². The highest BCUT2D eigenvalue weighted by atomic mass is 35.5. The first-order valence-electron chi connectivity index (χ1n) is 6.36. The summed E-state index contributed by atoms with van der Waals surface area (Å²) in [6.45, 7) is 3.34. The van der Waals surface area contributed by atoms with Crippen molar-refractivity contribution in [3.63, 3.8) is 0 Å². The number of nitro groups is 1. The van der Waals surface area contributed by atoms with E-state index in [9.17, 15) is 10.1 Å². The minimum atomic E-state index is -0.460. The molecule has 104 valence electrons. The monoisotopic (exact) mass is 284 g/mol.